The van der Waals surface area contributed by atoms with Gasteiger partial charge in [0.05, 0.1) is 17.7 Å². The first-order valence-electron chi connectivity index (χ1n) is 11.6. The summed E-state index contributed by atoms with van der Waals surface area (Å²) in [6.07, 6.45) is 8.72. The quantitative estimate of drug-likeness (QED) is 0.397. The number of rotatable bonds is 11. The Labute approximate surface area is 189 Å². The second kappa shape index (κ2) is 9.72. The van der Waals surface area contributed by atoms with E-state index in [9.17, 15) is 19.5 Å². The van der Waals surface area contributed by atoms with Crippen LogP contribution in [-0.2, 0) is 5.41 Å². The zero-order valence-electron chi connectivity index (χ0n) is 19.5. The van der Waals surface area contributed by atoms with E-state index in [0.717, 1.165) is 36.3 Å². The molecule has 2 aromatic carbocycles. The zero-order chi connectivity index (χ0) is 23.5. The summed E-state index contributed by atoms with van der Waals surface area (Å²) in [4.78, 5) is 38.0. The van der Waals surface area contributed by atoms with Crippen molar-refractivity contribution in [2.75, 3.05) is 18.1 Å². The fourth-order valence-electron chi connectivity index (χ4n) is 4.50. The van der Waals surface area contributed by atoms with Gasteiger partial charge >= 0.3 is 5.97 Å². The summed E-state index contributed by atoms with van der Waals surface area (Å²) < 4.78 is 5.42. The molecule has 2 aromatic rings. The van der Waals surface area contributed by atoms with E-state index in [-0.39, 0.29) is 11.3 Å². The van der Waals surface area contributed by atoms with E-state index in [0.29, 0.717) is 12.2 Å². The number of hydrogen-bond donors (Lipinski definition) is 1. The molecule has 1 aliphatic rings. The van der Waals surface area contributed by atoms with E-state index >= 15 is 0 Å². The Kier molecular flexibility index (Phi) is 7.22. The molecule has 6 nitrogen and oxygen atoms in total. The van der Waals surface area contributed by atoms with E-state index in [1.165, 1.54) is 25.7 Å². The minimum atomic E-state index is -0.968. The number of carboxylic acids is 1. The summed E-state index contributed by atoms with van der Waals surface area (Å²) in [7, 11) is 0. The van der Waals surface area contributed by atoms with Gasteiger partial charge < -0.3 is 14.7 Å². The number of anilines is 1. The van der Waals surface area contributed by atoms with Gasteiger partial charge in [-0.2, -0.15) is 0 Å². The topological polar surface area (TPSA) is 83.9 Å². The normalized spacial score (nSPS) is 16.0. The summed E-state index contributed by atoms with van der Waals surface area (Å²) >= 11 is 0. The molecule has 0 amide bonds. The molecule has 32 heavy (non-hydrogen) atoms. The second-order valence-electron chi connectivity index (χ2n) is 8.95. The van der Waals surface area contributed by atoms with E-state index in [1.807, 2.05) is 19.9 Å². The van der Waals surface area contributed by atoms with Gasteiger partial charge in [0.1, 0.15) is 0 Å². The molecule has 0 fully saturated rings. The lowest BCUT2D eigenvalue weighted by molar-refractivity contribution is 0.0696. The van der Waals surface area contributed by atoms with Gasteiger partial charge in [0.25, 0.3) is 5.43 Å². The van der Waals surface area contributed by atoms with Crippen LogP contribution in [0, 0.1) is 0 Å². The van der Waals surface area contributed by atoms with E-state index < -0.39 is 22.2 Å². The largest absolute Gasteiger partial charge is 0.489 e. The summed E-state index contributed by atoms with van der Waals surface area (Å²) in [5.41, 5.74) is 1.66. The van der Waals surface area contributed by atoms with Crippen LogP contribution in [0.5, 0.6) is 5.75 Å². The van der Waals surface area contributed by atoms with Crippen LogP contribution in [0.2, 0.25) is 0 Å². The number of carbonyl (C=O) groups is 1. The third-order valence-corrected chi connectivity index (χ3v) is 6.35. The van der Waals surface area contributed by atoms with E-state index in [1.54, 1.807) is 25.1 Å². The standard InChI is InChI=1S/C26H33NO5/c1-5-7-8-9-10-11-14-27-20-13-12-17(25(30)31)15-19(20)26(3,4)21(27)16-18-22(28)23(29)24(18)32-6-2/h12-13,15-16H,5-11,14H2,1-4H3,(H,30,31)/b21-16+. The van der Waals surface area contributed by atoms with E-state index in [4.69, 9.17) is 4.74 Å². The number of carboxylic acid groups (broad SMARTS) is 1. The maximum Gasteiger partial charge on any atom is 0.335 e. The molecule has 0 aromatic heterocycles. The van der Waals surface area contributed by atoms with Crippen molar-refractivity contribution < 1.29 is 14.6 Å². The van der Waals surface area contributed by atoms with E-state index in [2.05, 4.69) is 11.8 Å². The van der Waals surface area contributed by atoms with Crippen molar-refractivity contribution in [2.24, 2.45) is 0 Å². The van der Waals surface area contributed by atoms with Gasteiger partial charge in [0, 0.05) is 23.3 Å². The fourth-order valence-corrected chi connectivity index (χ4v) is 4.50. The van der Waals surface area contributed by atoms with Crippen LogP contribution < -0.4 is 20.5 Å². The molecule has 0 spiro atoms. The predicted octanol–water partition coefficient (Wildman–Crippen LogP) is 4.88. The molecule has 0 saturated carbocycles. The Hall–Kier alpha value is -2.89. The van der Waals surface area contributed by atoms with Gasteiger partial charge in [-0.25, -0.2) is 4.79 Å². The number of fused-ring (bicyclic) bond motifs is 1. The van der Waals surface area contributed by atoms with Gasteiger partial charge in [0.15, 0.2) is 5.75 Å². The van der Waals surface area contributed by atoms with Crippen LogP contribution in [0.1, 0.15) is 87.7 Å². The SMILES string of the molecule is CCCCCCCCN1/C(=C/c2c(OCC)c(=O)c2=O)C(C)(C)c2cc(C(=O)O)ccc21. The van der Waals surface area contributed by atoms with Gasteiger partial charge in [-0.15, -0.1) is 0 Å². The van der Waals surface area contributed by atoms with Gasteiger partial charge in [-0.1, -0.05) is 52.9 Å². The molecule has 172 valence electrons. The molecule has 1 N–H and O–H groups in total. The summed E-state index contributed by atoms with van der Waals surface area (Å²) in [6, 6.07) is 5.19. The van der Waals surface area contributed by atoms with Crippen LogP contribution in [-0.4, -0.2) is 24.2 Å². The highest BCUT2D eigenvalue weighted by Gasteiger charge is 2.41. The molecule has 6 heteroatoms. The molecule has 1 heterocycles. The third-order valence-electron chi connectivity index (χ3n) is 6.35. The van der Waals surface area contributed by atoms with Gasteiger partial charge in [0.2, 0.25) is 5.43 Å². The average molecular weight is 440 g/mol. The molecule has 3 rings (SSSR count). The number of hydrogen-bond acceptors (Lipinski definition) is 5. The Morgan fingerprint density at radius 1 is 1.06 bits per heavy atom. The molecule has 0 radical (unpaired) electrons. The number of aromatic carboxylic acids is 1. The predicted molar refractivity (Wildman–Crippen MR) is 128 cm³/mol. The molecule has 0 saturated heterocycles. The lowest BCUT2D eigenvalue weighted by Gasteiger charge is -2.28. The van der Waals surface area contributed by atoms with Crippen LogP contribution in [0.3, 0.4) is 0 Å². The highest BCUT2D eigenvalue weighted by molar-refractivity contribution is 5.90. The minimum absolute atomic E-state index is 0.127. The van der Waals surface area contributed by atoms with Crippen molar-refractivity contribution in [1.29, 1.82) is 0 Å². The number of allylic oxidation sites excluding steroid dienone is 1. The number of nitrogens with zero attached hydrogens (tertiary/aromatic N) is 1. The Bertz CT molecular complexity index is 1090. The van der Waals surface area contributed by atoms with Crippen molar-refractivity contribution in [3.8, 4) is 5.75 Å². The molecule has 0 unspecified atom stereocenters. The highest BCUT2D eigenvalue weighted by Crippen LogP contribution is 2.49. The first kappa shape index (κ1) is 23.8. The lowest BCUT2D eigenvalue weighted by atomic mass is 9.82. The van der Waals surface area contributed by atoms with Crippen molar-refractivity contribution in [1.82, 2.24) is 0 Å². The Balaban J connectivity index is 1.99. The minimum Gasteiger partial charge on any atom is -0.489 e. The first-order chi connectivity index (χ1) is 15.2. The third kappa shape index (κ3) is 4.36. The van der Waals surface area contributed by atoms with Gasteiger partial charge in [-0.3, -0.25) is 9.59 Å². The summed E-state index contributed by atoms with van der Waals surface area (Å²) in [6.45, 7) is 9.10. The zero-order valence-corrected chi connectivity index (χ0v) is 19.5. The number of ether oxygens (including phenoxy) is 1. The molecule has 1 aliphatic heterocycles. The van der Waals surface area contributed by atoms with Crippen molar-refractivity contribution in [2.45, 2.75) is 71.6 Å². The first-order valence-corrected chi connectivity index (χ1v) is 11.6. The van der Waals surface area contributed by atoms with Crippen molar-refractivity contribution >= 4 is 17.7 Å². The molecular formula is C26H33NO5. The Morgan fingerprint density at radius 2 is 1.75 bits per heavy atom. The monoisotopic (exact) mass is 439 g/mol. The van der Waals surface area contributed by atoms with Crippen LogP contribution in [0.25, 0.3) is 6.08 Å². The molecule has 0 bridgehead atoms. The smallest absolute Gasteiger partial charge is 0.335 e. The molecule has 0 atom stereocenters. The van der Waals surface area contributed by atoms with Crippen LogP contribution in [0.15, 0.2) is 33.5 Å². The summed E-state index contributed by atoms with van der Waals surface area (Å²) in [5.74, 6) is -0.841. The fraction of sp³-hybridized carbons (Fsp3) is 0.500. The second-order valence-corrected chi connectivity index (χ2v) is 8.95. The highest BCUT2D eigenvalue weighted by atomic mass is 16.5. The number of unbranched alkanes of at least 4 members (excludes halogenated alkanes) is 5. The van der Waals surface area contributed by atoms with Crippen molar-refractivity contribution in [3.05, 3.63) is 61.0 Å². The Morgan fingerprint density at radius 3 is 2.41 bits per heavy atom. The number of benzene rings is 1. The maximum absolute atomic E-state index is 12.3. The molecule has 0 aliphatic carbocycles. The van der Waals surface area contributed by atoms with Crippen molar-refractivity contribution in [3.63, 3.8) is 0 Å². The summed E-state index contributed by atoms with van der Waals surface area (Å²) in [5, 5.41) is 9.48. The van der Waals surface area contributed by atoms with Crippen LogP contribution in [0.4, 0.5) is 5.69 Å². The maximum atomic E-state index is 12.3. The average Bonchev–Trinajstić information content (AvgIpc) is 2.98. The van der Waals surface area contributed by atoms with Crippen LogP contribution >= 0.6 is 0 Å². The molecular weight excluding hydrogens is 406 g/mol. The van der Waals surface area contributed by atoms with Gasteiger partial charge in [-0.05, 0) is 43.2 Å². The lowest BCUT2D eigenvalue weighted by Crippen LogP contribution is -2.36.